The molecule has 0 amide bonds. The molecule has 0 aliphatic heterocycles. The Kier molecular flexibility index (Phi) is 5.27. The first kappa shape index (κ1) is 16.7. The Morgan fingerprint density at radius 3 is 2.76 bits per heavy atom. The average Bonchev–Trinajstić information content (AvgIpc) is 2.41. The lowest BCUT2D eigenvalue weighted by Gasteiger charge is -2.29. The molecule has 2 rings (SSSR count). The van der Waals surface area contributed by atoms with Crippen molar-refractivity contribution in [1.82, 2.24) is 0 Å². The van der Waals surface area contributed by atoms with Gasteiger partial charge in [0.1, 0.15) is 16.5 Å². The summed E-state index contributed by atoms with van der Waals surface area (Å²) in [5.74, 6) is 0.0660. The minimum Gasteiger partial charge on any atom is -0.489 e. The number of sulfonamides is 1. The van der Waals surface area contributed by atoms with Gasteiger partial charge in [-0.25, -0.2) is 17.9 Å². The molecule has 0 bridgehead atoms. The van der Waals surface area contributed by atoms with Crippen LogP contribution in [0.15, 0.2) is 21.5 Å². The van der Waals surface area contributed by atoms with Crippen LogP contribution in [0.2, 0.25) is 0 Å². The number of halogens is 2. The first-order valence-corrected chi connectivity index (χ1v) is 9.33. The fourth-order valence-electron chi connectivity index (χ4n) is 2.72. The van der Waals surface area contributed by atoms with Gasteiger partial charge in [-0.2, -0.15) is 0 Å². The van der Waals surface area contributed by atoms with Gasteiger partial charge < -0.3 is 4.74 Å². The first-order valence-electron chi connectivity index (χ1n) is 6.99. The number of rotatable bonds is 4. The molecule has 0 radical (unpaired) electrons. The molecule has 1 aromatic rings. The smallest absolute Gasteiger partial charge is 0.241 e. The van der Waals surface area contributed by atoms with E-state index in [2.05, 4.69) is 22.9 Å². The maximum atomic E-state index is 13.9. The zero-order valence-corrected chi connectivity index (χ0v) is 14.2. The molecule has 0 aromatic heterocycles. The highest BCUT2D eigenvalue weighted by Crippen LogP contribution is 2.34. The Balaban J connectivity index is 2.20. The van der Waals surface area contributed by atoms with E-state index in [-0.39, 0.29) is 6.10 Å². The molecule has 2 unspecified atom stereocenters. The van der Waals surface area contributed by atoms with Crippen LogP contribution in [0.3, 0.4) is 0 Å². The third kappa shape index (κ3) is 4.17. The van der Waals surface area contributed by atoms with Crippen LogP contribution in [0.25, 0.3) is 0 Å². The molecular weight excluding hydrogens is 361 g/mol. The number of hydrogen-bond acceptors (Lipinski definition) is 3. The Labute approximate surface area is 133 Å². The summed E-state index contributed by atoms with van der Waals surface area (Å²) in [4.78, 5) is -0.531. The molecule has 0 spiro atoms. The molecule has 0 saturated heterocycles. The highest BCUT2D eigenvalue weighted by molar-refractivity contribution is 9.10. The van der Waals surface area contributed by atoms with E-state index in [1.54, 1.807) is 0 Å². The van der Waals surface area contributed by atoms with Crippen molar-refractivity contribution in [3.63, 3.8) is 0 Å². The zero-order valence-electron chi connectivity index (χ0n) is 11.8. The van der Waals surface area contributed by atoms with Crippen LogP contribution in [0.1, 0.15) is 39.0 Å². The molecule has 1 aromatic carbocycles. The summed E-state index contributed by atoms with van der Waals surface area (Å²) in [5.41, 5.74) is 0. The minimum atomic E-state index is -4.08. The molecule has 21 heavy (non-hydrogen) atoms. The number of primary sulfonamides is 1. The quantitative estimate of drug-likeness (QED) is 0.868. The lowest BCUT2D eigenvalue weighted by atomic mass is 9.85. The Bertz CT molecular complexity index is 621. The average molecular weight is 380 g/mol. The molecule has 2 N–H and O–H groups in total. The van der Waals surface area contributed by atoms with Crippen molar-refractivity contribution in [2.75, 3.05) is 0 Å². The van der Waals surface area contributed by atoms with Crippen molar-refractivity contribution in [2.24, 2.45) is 11.1 Å². The predicted molar refractivity (Wildman–Crippen MR) is 82.1 cm³/mol. The molecule has 7 heteroatoms. The van der Waals surface area contributed by atoms with E-state index in [4.69, 9.17) is 9.88 Å². The van der Waals surface area contributed by atoms with Crippen LogP contribution < -0.4 is 9.88 Å². The van der Waals surface area contributed by atoms with E-state index in [1.807, 2.05) is 0 Å². The van der Waals surface area contributed by atoms with Gasteiger partial charge in [0.05, 0.1) is 10.6 Å². The lowest BCUT2D eigenvalue weighted by Crippen LogP contribution is -2.25. The molecule has 1 fully saturated rings. The summed E-state index contributed by atoms with van der Waals surface area (Å²) in [6, 6.07) is 2.24. The SMILES string of the molecule is CCC1CCCC(Oc2cc(F)c(S(N)(=O)=O)cc2Br)C1. The molecule has 2 atom stereocenters. The Hall–Kier alpha value is -0.660. The number of ether oxygens (including phenoxy) is 1. The van der Waals surface area contributed by atoms with Gasteiger partial charge >= 0.3 is 0 Å². The summed E-state index contributed by atoms with van der Waals surface area (Å²) in [5, 5.41) is 4.97. The predicted octanol–water partition coefficient (Wildman–Crippen LogP) is 3.58. The summed E-state index contributed by atoms with van der Waals surface area (Å²) in [7, 11) is -4.08. The highest BCUT2D eigenvalue weighted by Gasteiger charge is 2.24. The monoisotopic (exact) mass is 379 g/mol. The molecule has 1 aliphatic rings. The second-order valence-electron chi connectivity index (χ2n) is 5.44. The molecule has 0 heterocycles. The summed E-state index contributed by atoms with van der Waals surface area (Å²) >= 11 is 3.22. The number of benzene rings is 1. The summed E-state index contributed by atoms with van der Waals surface area (Å²) in [6.45, 7) is 2.16. The van der Waals surface area contributed by atoms with Crippen LogP contribution in [0, 0.1) is 11.7 Å². The fourth-order valence-corrected chi connectivity index (χ4v) is 3.92. The van der Waals surface area contributed by atoms with Crippen molar-refractivity contribution >= 4 is 26.0 Å². The standard InChI is InChI=1S/C14H19BrFNO3S/c1-2-9-4-3-5-10(6-9)20-13-8-12(16)14(7-11(13)15)21(17,18)19/h7-10H,2-6H2,1H3,(H2,17,18,19). The van der Waals surface area contributed by atoms with Crippen molar-refractivity contribution in [3.05, 3.63) is 22.4 Å². The third-order valence-corrected chi connectivity index (χ3v) is 5.44. The molecule has 4 nitrogen and oxygen atoms in total. The third-order valence-electron chi connectivity index (χ3n) is 3.90. The van der Waals surface area contributed by atoms with Crippen LogP contribution >= 0.6 is 15.9 Å². The lowest BCUT2D eigenvalue weighted by molar-refractivity contribution is 0.121. The van der Waals surface area contributed by atoms with Crippen LogP contribution in [-0.2, 0) is 10.0 Å². The maximum absolute atomic E-state index is 13.9. The van der Waals surface area contributed by atoms with E-state index >= 15 is 0 Å². The van der Waals surface area contributed by atoms with Gasteiger partial charge in [-0.1, -0.05) is 19.8 Å². The molecule has 1 saturated carbocycles. The van der Waals surface area contributed by atoms with Crippen molar-refractivity contribution in [3.8, 4) is 5.75 Å². The van der Waals surface area contributed by atoms with Crippen molar-refractivity contribution in [1.29, 1.82) is 0 Å². The number of nitrogens with two attached hydrogens (primary N) is 1. The van der Waals surface area contributed by atoms with E-state index in [0.29, 0.717) is 16.1 Å². The van der Waals surface area contributed by atoms with Crippen molar-refractivity contribution in [2.45, 2.75) is 50.0 Å². The van der Waals surface area contributed by atoms with Gasteiger partial charge in [0.2, 0.25) is 10.0 Å². The molecule has 118 valence electrons. The summed E-state index contributed by atoms with van der Waals surface area (Å²) in [6.07, 6.45) is 5.33. The van der Waals surface area contributed by atoms with Gasteiger partial charge in [0.15, 0.2) is 0 Å². The summed E-state index contributed by atoms with van der Waals surface area (Å²) < 4.78 is 42.6. The normalized spacial score (nSPS) is 23.0. The number of hydrogen-bond donors (Lipinski definition) is 1. The first-order chi connectivity index (χ1) is 9.81. The van der Waals surface area contributed by atoms with Gasteiger partial charge in [0, 0.05) is 6.07 Å². The second-order valence-corrected chi connectivity index (χ2v) is 7.82. The highest BCUT2D eigenvalue weighted by atomic mass is 79.9. The fraction of sp³-hybridized carbons (Fsp3) is 0.571. The van der Waals surface area contributed by atoms with Crippen molar-refractivity contribution < 1.29 is 17.5 Å². The van der Waals surface area contributed by atoms with Crippen LogP contribution in [0.5, 0.6) is 5.75 Å². The Morgan fingerprint density at radius 2 is 2.14 bits per heavy atom. The van der Waals surface area contributed by atoms with Crippen LogP contribution in [0.4, 0.5) is 4.39 Å². The van der Waals surface area contributed by atoms with Gasteiger partial charge in [-0.15, -0.1) is 0 Å². The van der Waals surface area contributed by atoms with Gasteiger partial charge in [0.25, 0.3) is 0 Å². The van der Waals surface area contributed by atoms with E-state index < -0.39 is 20.7 Å². The molecular formula is C14H19BrFNO3S. The largest absolute Gasteiger partial charge is 0.489 e. The van der Waals surface area contributed by atoms with E-state index in [0.717, 1.165) is 37.8 Å². The second kappa shape index (κ2) is 6.62. The van der Waals surface area contributed by atoms with Crippen LogP contribution in [-0.4, -0.2) is 14.5 Å². The van der Waals surface area contributed by atoms with E-state index in [1.165, 1.54) is 6.42 Å². The Morgan fingerprint density at radius 1 is 1.43 bits per heavy atom. The van der Waals surface area contributed by atoms with E-state index in [9.17, 15) is 12.8 Å². The van der Waals surface area contributed by atoms with Gasteiger partial charge in [-0.3, -0.25) is 0 Å². The topological polar surface area (TPSA) is 69.4 Å². The molecule has 1 aliphatic carbocycles. The maximum Gasteiger partial charge on any atom is 0.241 e. The van der Waals surface area contributed by atoms with Gasteiger partial charge in [-0.05, 0) is 47.2 Å². The zero-order chi connectivity index (χ0) is 15.6. The minimum absolute atomic E-state index is 0.0414.